The van der Waals surface area contributed by atoms with Crippen molar-refractivity contribution >= 4 is 0 Å². The average molecular weight is 352 g/mol. The van der Waals surface area contributed by atoms with Gasteiger partial charge in [-0.2, -0.15) is 0 Å². The van der Waals surface area contributed by atoms with E-state index in [2.05, 4.69) is 15.3 Å². The van der Waals surface area contributed by atoms with Crippen LogP contribution in [0.2, 0.25) is 0 Å². The highest BCUT2D eigenvalue weighted by Gasteiger charge is 2.44. The first-order valence-corrected chi connectivity index (χ1v) is 7.75. The lowest BCUT2D eigenvalue weighted by Gasteiger charge is -2.39. The van der Waals surface area contributed by atoms with Gasteiger partial charge in [0.15, 0.2) is 12.6 Å². The third-order valence-electron chi connectivity index (χ3n) is 3.86. The summed E-state index contributed by atoms with van der Waals surface area (Å²) < 4.78 is 17.0. The summed E-state index contributed by atoms with van der Waals surface area (Å²) in [6.45, 7) is 0.468. The van der Waals surface area contributed by atoms with E-state index in [9.17, 15) is 15.3 Å². The molecule has 10 heteroatoms. The number of hydrogen-bond acceptors (Lipinski definition) is 9. The van der Waals surface area contributed by atoms with Gasteiger partial charge in [0.05, 0.1) is 25.0 Å². The Morgan fingerprint density at radius 1 is 1.20 bits per heavy atom. The van der Waals surface area contributed by atoms with Crippen molar-refractivity contribution in [2.75, 3.05) is 13.7 Å². The molecule has 5 atom stereocenters. The van der Waals surface area contributed by atoms with Crippen molar-refractivity contribution in [2.24, 2.45) is 0 Å². The molecule has 3 heterocycles. The lowest BCUT2D eigenvalue weighted by atomic mass is 10.0. The van der Waals surface area contributed by atoms with Gasteiger partial charge in [-0.25, -0.2) is 4.68 Å². The minimum absolute atomic E-state index is 0.129. The van der Waals surface area contributed by atoms with Crippen LogP contribution in [-0.2, 0) is 20.8 Å². The van der Waals surface area contributed by atoms with Gasteiger partial charge in [-0.05, 0) is 12.1 Å². The van der Waals surface area contributed by atoms with Crippen LogP contribution < -0.4 is 0 Å². The van der Waals surface area contributed by atoms with E-state index in [4.69, 9.17) is 14.2 Å². The number of pyridine rings is 1. The van der Waals surface area contributed by atoms with Gasteiger partial charge in [0.25, 0.3) is 0 Å². The molecule has 0 radical (unpaired) electrons. The summed E-state index contributed by atoms with van der Waals surface area (Å²) in [6, 6.07) is 5.50. The third-order valence-corrected chi connectivity index (χ3v) is 3.86. The second-order valence-electron chi connectivity index (χ2n) is 5.53. The predicted octanol–water partition coefficient (Wildman–Crippen LogP) is -1.23. The van der Waals surface area contributed by atoms with Crippen LogP contribution >= 0.6 is 0 Å². The molecule has 0 aromatic carbocycles. The molecule has 10 nitrogen and oxygen atoms in total. The van der Waals surface area contributed by atoms with E-state index in [1.807, 2.05) is 18.2 Å². The second-order valence-corrected chi connectivity index (χ2v) is 5.53. The van der Waals surface area contributed by atoms with Gasteiger partial charge in [-0.15, -0.1) is 5.10 Å². The molecule has 1 saturated heterocycles. The fourth-order valence-electron chi connectivity index (χ4n) is 2.51. The van der Waals surface area contributed by atoms with Gasteiger partial charge >= 0.3 is 0 Å². The second kappa shape index (κ2) is 7.95. The minimum Gasteiger partial charge on any atom is -0.387 e. The van der Waals surface area contributed by atoms with Gasteiger partial charge in [0, 0.05) is 13.3 Å². The number of aliphatic hydroxyl groups is 3. The topological polar surface area (TPSA) is 132 Å². The normalized spacial score (nSPS) is 29.7. The lowest BCUT2D eigenvalue weighted by molar-refractivity contribution is -0.343. The van der Waals surface area contributed by atoms with Crippen molar-refractivity contribution < 1.29 is 29.5 Å². The molecule has 1 aliphatic heterocycles. The third kappa shape index (κ3) is 4.00. The largest absolute Gasteiger partial charge is 0.387 e. The molecule has 1 aliphatic rings. The summed E-state index contributed by atoms with van der Waals surface area (Å²) in [7, 11) is 1.30. The number of hydrogen-bond donors (Lipinski definition) is 3. The first kappa shape index (κ1) is 17.9. The Balaban J connectivity index is 1.52. The van der Waals surface area contributed by atoms with E-state index in [0.29, 0.717) is 17.9 Å². The Bertz CT molecular complexity index is 669. The molecule has 0 bridgehead atoms. The average Bonchev–Trinajstić information content (AvgIpc) is 3.09. The van der Waals surface area contributed by atoms with Crippen LogP contribution in [0.1, 0.15) is 0 Å². The van der Waals surface area contributed by atoms with E-state index in [-0.39, 0.29) is 6.61 Å². The SMILES string of the molecule is COC1C(O)O[C@@H](OCCn2cc(-c3ccccn3)nn2)C(O)C1O. The van der Waals surface area contributed by atoms with Crippen molar-refractivity contribution in [2.45, 2.75) is 37.4 Å². The maximum Gasteiger partial charge on any atom is 0.189 e. The van der Waals surface area contributed by atoms with Crippen LogP contribution in [0.15, 0.2) is 30.6 Å². The molecule has 1 fully saturated rings. The zero-order valence-corrected chi connectivity index (χ0v) is 13.5. The van der Waals surface area contributed by atoms with Gasteiger partial charge in [0.1, 0.15) is 24.0 Å². The molecule has 3 N–H and O–H groups in total. The van der Waals surface area contributed by atoms with Gasteiger partial charge < -0.3 is 29.5 Å². The smallest absolute Gasteiger partial charge is 0.189 e. The monoisotopic (exact) mass is 352 g/mol. The van der Waals surface area contributed by atoms with E-state index >= 15 is 0 Å². The molecule has 0 amide bonds. The van der Waals surface area contributed by atoms with Gasteiger partial charge in [-0.3, -0.25) is 4.98 Å². The zero-order chi connectivity index (χ0) is 17.8. The highest BCUT2D eigenvalue weighted by molar-refractivity contribution is 5.51. The number of aromatic nitrogens is 4. The van der Waals surface area contributed by atoms with Gasteiger partial charge in [-0.1, -0.05) is 11.3 Å². The molecule has 3 rings (SSSR count). The number of methoxy groups -OCH3 is 1. The maximum atomic E-state index is 9.97. The van der Waals surface area contributed by atoms with Crippen molar-refractivity contribution in [1.29, 1.82) is 0 Å². The fourth-order valence-corrected chi connectivity index (χ4v) is 2.51. The van der Waals surface area contributed by atoms with Crippen LogP contribution in [0, 0.1) is 0 Å². The van der Waals surface area contributed by atoms with E-state index < -0.39 is 30.9 Å². The molecule has 0 aliphatic carbocycles. The van der Waals surface area contributed by atoms with E-state index in [1.54, 1.807) is 17.1 Å². The van der Waals surface area contributed by atoms with Crippen LogP contribution in [0.5, 0.6) is 0 Å². The number of aliphatic hydroxyl groups excluding tert-OH is 3. The highest BCUT2D eigenvalue weighted by atomic mass is 16.7. The summed E-state index contributed by atoms with van der Waals surface area (Å²) in [6.07, 6.45) is -2.87. The first-order valence-electron chi connectivity index (χ1n) is 7.75. The van der Waals surface area contributed by atoms with Crippen molar-refractivity contribution in [3.05, 3.63) is 30.6 Å². The predicted molar refractivity (Wildman–Crippen MR) is 82.9 cm³/mol. The lowest BCUT2D eigenvalue weighted by Crippen LogP contribution is -2.58. The summed E-state index contributed by atoms with van der Waals surface area (Å²) in [4.78, 5) is 4.19. The Labute approximate surface area is 143 Å². The Hall–Kier alpha value is -1.95. The fraction of sp³-hybridized carbons (Fsp3) is 0.533. The molecule has 2 aromatic rings. The van der Waals surface area contributed by atoms with E-state index in [1.165, 1.54) is 7.11 Å². The molecule has 2 aromatic heterocycles. The highest BCUT2D eigenvalue weighted by Crippen LogP contribution is 2.22. The molecule has 4 unspecified atom stereocenters. The number of rotatable bonds is 6. The number of ether oxygens (including phenoxy) is 3. The molecule has 25 heavy (non-hydrogen) atoms. The minimum atomic E-state index is -1.39. The Morgan fingerprint density at radius 3 is 2.76 bits per heavy atom. The summed E-state index contributed by atoms with van der Waals surface area (Å²) >= 11 is 0. The van der Waals surface area contributed by atoms with Crippen molar-refractivity contribution in [3.8, 4) is 11.4 Å². The standard InChI is InChI=1S/C15H20N4O6/c1-23-13-11(20)12(21)15(25-14(13)22)24-7-6-19-8-10(17-18-19)9-4-2-3-5-16-9/h2-5,8,11-15,20-22H,6-7H2,1H3/t11?,12?,13?,14?,15-/m1/s1. The van der Waals surface area contributed by atoms with Crippen LogP contribution in [0.25, 0.3) is 11.4 Å². The summed E-state index contributed by atoms with van der Waals surface area (Å²) in [5.41, 5.74) is 1.33. The van der Waals surface area contributed by atoms with Crippen molar-refractivity contribution in [3.63, 3.8) is 0 Å². The molecular formula is C15H20N4O6. The summed E-state index contributed by atoms with van der Waals surface area (Å²) in [5.74, 6) is 0. The molecular weight excluding hydrogens is 332 g/mol. The summed E-state index contributed by atoms with van der Waals surface area (Å²) in [5, 5.41) is 37.6. The van der Waals surface area contributed by atoms with E-state index in [0.717, 1.165) is 0 Å². The quantitative estimate of drug-likeness (QED) is 0.584. The maximum absolute atomic E-state index is 9.97. The van der Waals surface area contributed by atoms with Crippen LogP contribution in [0.4, 0.5) is 0 Å². The van der Waals surface area contributed by atoms with Crippen LogP contribution in [0.3, 0.4) is 0 Å². The van der Waals surface area contributed by atoms with Crippen LogP contribution in [-0.4, -0.2) is 79.9 Å². The van der Waals surface area contributed by atoms with Crippen molar-refractivity contribution in [1.82, 2.24) is 20.0 Å². The molecule has 0 saturated carbocycles. The molecule has 136 valence electrons. The molecule has 0 spiro atoms. The van der Waals surface area contributed by atoms with Gasteiger partial charge in [0.2, 0.25) is 0 Å². The zero-order valence-electron chi connectivity index (χ0n) is 13.5. The first-order chi connectivity index (χ1) is 12.1. The Kier molecular flexibility index (Phi) is 5.68. The Morgan fingerprint density at radius 2 is 2.04 bits per heavy atom. The number of nitrogens with zero attached hydrogens (tertiary/aromatic N) is 4.